The van der Waals surface area contributed by atoms with E-state index in [1.807, 2.05) is 27.7 Å². The summed E-state index contributed by atoms with van der Waals surface area (Å²) in [5.41, 5.74) is 0.929. The summed E-state index contributed by atoms with van der Waals surface area (Å²) in [6, 6.07) is 5.77. The van der Waals surface area contributed by atoms with Crippen LogP contribution in [0.3, 0.4) is 0 Å². The topological polar surface area (TPSA) is 69.5 Å². The average Bonchev–Trinajstić information content (AvgIpc) is 3.32. The molecule has 26 heavy (non-hydrogen) atoms. The molecule has 0 N–H and O–H groups in total. The van der Waals surface area contributed by atoms with E-state index in [0.717, 1.165) is 60.5 Å². The lowest BCUT2D eigenvalue weighted by atomic mass is 10.1. The van der Waals surface area contributed by atoms with Gasteiger partial charge in [0.2, 0.25) is 12.7 Å². The maximum Gasteiger partial charge on any atom is 0.233 e. The largest absolute Gasteiger partial charge is 0.454 e. The fraction of sp³-hybridized carbons (Fsp3) is 0.500. The number of piperidine rings is 1. The van der Waals surface area contributed by atoms with Gasteiger partial charge in [0.05, 0.1) is 5.75 Å². The van der Waals surface area contributed by atoms with Gasteiger partial charge >= 0.3 is 0 Å². The van der Waals surface area contributed by atoms with Crippen LogP contribution in [0.25, 0.3) is 11.4 Å². The first-order valence-corrected chi connectivity index (χ1v) is 9.98. The molecule has 1 saturated heterocycles. The standard InChI is InChI=1S/C18H22N4O3S/c1-2-22-17(13-6-7-14-15(10-13)25-12-24-14)19-20-18(22)26-11-16(23)21-8-4-3-5-9-21/h6-7,10H,2-5,8-9,11-12H2,1H3. The second-order valence-corrected chi connectivity index (χ2v) is 7.29. The van der Waals surface area contributed by atoms with Crippen molar-refractivity contribution in [1.82, 2.24) is 19.7 Å². The normalized spacial score (nSPS) is 16.1. The Hall–Kier alpha value is -2.22. The molecule has 0 aliphatic carbocycles. The van der Waals surface area contributed by atoms with E-state index >= 15 is 0 Å². The Bertz CT molecular complexity index is 802. The molecule has 138 valence electrons. The molecule has 0 radical (unpaired) electrons. The van der Waals surface area contributed by atoms with E-state index in [2.05, 4.69) is 17.1 Å². The zero-order chi connectivity index (χ0) is 17.9. The van der Waals surface area contributed by atoms with E-state index in [4.69, 9.17) is 9.47 Å². The molecule has 2 aliphatic heterocycles. The fourth-order valence-corrected chi connectivity index (χ4v) is 4.20. The minimum absolute atomic E-state index is 0.185. The van der Waals surface area contributed by atoms with Crippen LogP contribution in [0.2, 0.25) is 0 Å². The monoisotopic (exact) mass is 374 g/mol. The van der Waals surface area contributed by atoms with Crippen LogP contribution in [0.4, 0.5) is 0 Å². The Balaban J connectivity index is 1.49. The first kappa shape index (κ1) is 17.2. The predicted molar refractivity (Wildman–Crippen MR) is 98.4 cm³/mol. The SMILES string of the molecule is CCn1c(SCC(=O)N2CCCCC2)nnc1-c1ccc2c(c1)OCO2. The van der Waals surface area contributed by atoms with Gasteiger partial charge in [0.1, 0.15) is 0 Å². The Morgan fingerprint density at radius 1 is 1.15 bits per heavy atom. The van der Waals surface area contributed by atoms with Gasteiger partial charge in [-0.2, -0.15) is 0 Å². The highest BCUT2D eigenvalue weighted by Crippen LogP contribution is 2.36. The third kappa shape index (κ3) is 3.38. The summed E-state index contributed by atoms with van der Waals surface area (Å²) in [4.78, 5) is 14.4. The van der Waals surface area contributed by atoms with Crippen molar-refractivity contribution < 1.29 is 14.3 Å². The number of thioether (sulfide) groups is 1. The van der Waals surface area contributed by atoms with Crippen molar-refractivity contribution in [2.45, 2.75) is 37.9 Å². The Labute approximate surface area is 156 Å². The molecule has 0 atom stereocenters. The smallest absolute Gasteiger partial charge is 0.233 e. The maximum atomic E-state index is 12.4. The van der Waals surface area contributed by atoms with Crippen molar-refractivity contribution >= 4 is 17.7 Å². The molecule has 2 aromatic rings. The van der Waals surface area contributed by atoms with Crippen molar-refractivity contribution in [3.05, 3.63) is 18.2 Å². The average molecular weight is 374 g/mol. The lowest BCUT2D eigenvalue weighted by Gasteiger charge is -2.26. The third-order valence-corrected chi connectivity index (χ3v) is 5.65. The van der Waals surface area contributed by atoms with Crippen LogP contribution in [-0.4, -0.2) is 51.2 Å². The number of fused-ring (bicyclic) bond motifs is 1. The highest BCUT2D eigenvalue weighted by atomic mass is 32.2. The van der Waals surface area contributed by atoms with Crippen molar-refractivity contribution in [2.24, 2.45) is 0 Å². The fourth-order valence-electron chi connectivity index (χ4n) is 3.29. The molecule has 1 amide bonds. The summed E-state index contributed by atoms with van der Waals surface area (Å²) >= 11 is 1.46. The number of amides is 1. The second-order valence-electron chi connectivity index (χ2n) is 6.35. The first-order valence-electron chi connectivity index (χ1n) is 9.00. The maximum absolute atomic E-state index is 12.4. The van der Waals surface area contributed by atoms with Crippen LogP contribution >= 0.6 is 11.8 Å². The summed E-state index contributed by atoms with van der Waals surface area (Å²) in [6.45, 7) is 4.79. The summed E-state index contributed by atoms with van der Waals surface area (Å²) in [6.07, 6.45) is 3.44. The zero-order valence-electron chi connectivity index (χ0n) is 14.8. The van der Waals surface area contributed by atoms with Crippen LogP contribution in [0.15, 0.2) is 23.4 Å². The number of hydrogen-bond acceptors (Lipinski definition) is 6. The van der Waals surface area contributed by atoms with Crippen LogP contribution in [0.5, 0.6) is 11.5 Å². The van der Waals surface area contributed by atoms with Gasteiger partial charge in [-0.1, -0.05) is 11.8 Å². The van der Waals surface area contributed by atoms with E-state index in [0.29, 0.717) is 5.75 Å². The quantitative estimate of drug-likeness (QED) is 0.750. The summed E-state index contributed by atoms with van der Waals surface area (Å²) in [5.74, 6) is 2.84. The van der Waals surface area contributed by atoms with E-state index in [1.54, 1.807) is 0 Å². The molecule has 0 unspecified atom stereocenters. The third-order valence-electron chi connectivity index (χ3n) is 4.70. The number of rotatable bonds is 5. The highest BCUT2D eigenvalue weighted by Gasteiger charge is 2.21. The van der Waals surface area contributed by atoms with Crippen molar-refractivity contribution in [2.75, 3.05) is 25.6 Å². The van der Waals surface area contributed by atoms with E-state index in [-0.39, 0.29) is 12.7 Å². The molecule has 0 spiro atoms. The van der Waals surface area contributed by atoms with E-state index in [9.17, 15) is 4.79 Å². The summed E-state index contributed by atoms with van der Waals surface area (Å²) in [7, 11) is 0. The molecule has 0 saturated carbocycles. The number of nitrogens with zero attached hydrogens (tertiary/aromatic N) is 4. The van der Waals surface area contributed by atoms with Gasteiger partial charge in [0.15, 0.2) is 22.5 Å². The molecule has 2 aliphatic rings. The number of ether oxygens (including phenoxy) is 2. The van der Waals surface area contributed by atoms with Gasteiger partial charge in [-0.25, -0.2) is 0 Å². The van der Waals surface area contributed by atoms with Crippen molar-refractivity contribution in [3.63, 3.8) is 0 Å². The van der Waals surface area contributed by atoms with Gasteiger partial charge in [-0.15, -0.1) is 10.2 Å². The number of aromatic nitrogens is 3. The van der Waals surface area contributed by atoms with Crippen LogP contribution in [0, 0.1) is 0 Å². The Morgan fingerprint density at radius 3 is 2.77 bits per heavy atom. The molecule has 8 heteroatoms. The molecular weight excluding hydrogens is 352 g/mol. The van der Waals surface area contributed by atoms with Gasteiger partial charge in [0.25, 0.3) is 0 Å². The second kappa shape index (κ2) is 7.57. The number of carbonyl (C=O) groups excluding carboxylic acids is 1. The van der Waals surface area contributed by atoms with Crippen LogP contribution < -0.4 is 9.47 Å². The number of carbonyl (C=O) groups is 1. The predicted octanol–water partition coefficient (Wildman–Crippen LogP) is 2.80. The lowest BCUT2D eigenvalue weighted by Crippen LogP contribution is -2.36. The molecular formula is C18H22N4O3S. The van der Waals surface area contributed by atoms with Gasteiger partial charge in [0, 0.05) is 25.2 Å². The summed E-state index contributed by atoms with van der Waals surface area (Å²) in [5, 5.41) is 9.42. The number of hydrogen-bond donors (Lipinski definition) is 0. The number of likely N-dealkylation sites (tertiary alicyclic amines) is 1. The molecule has 3 heterocycles. The molecule has 1 aromatic carbocycles. The molecule has 1 aromatic heterocycles. The van der Waals surface area contributed by atoms with Gasteiger partial charge < -0.3 is 18.9 Å². The molecule has 1 fully saturated rings. The minimum Gasteiger partial charge on any atom is -0.454 e. The van der Waals surface area contributed by atoms with Crippen molar-refractivity contribution in [1.29, 1.82) is 0 Å². The Morgan fingerprint density at radius 2 is 1.96 bits per heavy atom. The molecule has 4 rings (SSSR count). The van der Waals surface area contributed by atoms with E-state index in [1.165, 1.54) is 18.2 Å². The summed E-state index contributed by atoms with van der Waals surface area (Å²) < 4.78 is 12.8. The van der Waals surface area contributed by atoms with E-state index < -0.39 is 0 Å². The molecule has 7 nitrogen and oxygen atoms in total. The molecule has 0 bridgehead atoms. The minimum atomic E-state index is 0.185. The zero-order valence-corrected chi connectivity index (χ0v) is 15.6. The van der Waals surface area contributed by atoms with Crippen LogP contribution in [0.1, 0.15) is 26.2 Å². The lowest BCUT2D eigenvalue weighted by molar-refractivity contribution is -0.129. The van der Waals surface area contributed by atoms with Crippen LogP contribution in [-0.2, 0) is 11.3 Å². The highest BCUT2D eigenvalue weighted by molar-refractivity contribution is 7.99. The van der Waals surface area contributed by atoms with Gasteiger partial charge in [-0.3, -0.25) is 4.79 Å². The Kier molecular flexibility index (Phi) is 5.01. The van der Waals surface area contributed by atoms with Gasteiger partial charge in [-0.05, 0) is 44.4 Å². The first-order chi connectivity index (χ1) is 12.8. The van der Waals surface area contributed by atoms with Crippen molar-refractivity contribution in [3.8, 4) is 22.9 Å². The number of benzene rings is 1.